The zero-order valence-electron chi connectivity index (χ0n) is 15.5. The zero-order chi connectivity index (χ0) is 20.4. The maximum absolute atomic E-state index is 12.3. The first kappa shape index (κ1) is 19.4. The first-order valence-electron chi connectivity index (χ1n) is 8.90. The van der Waals surface area contributed by atoms with Crippen molar-refractivity contribution in [1.29, 1.82) is 0 Å². The van der Waals surface area contributed by atoms with Crippen LogP contribution in [-0.4, -0.2) is 28.6 Å². The largest absolute Gasteiger partial charge is 0.325 e. The van der Waals surface area contributed by atoms with E-state index in [-0.39, 0.29) is 11.7 Å². The molecular formula is C20H18N4O3S2. The van der Waals surface area contributed by atoms with Crippen LogP contribution in [0, 0.1) is 0 Å². The second kappa shape index (κ2) is 7.84. The number of carbonyl (C=O) groups excluding carboxylic acids is 3. The van der Waals surface area contributed by atoms with Gasteiger partial charge in [-0.15, -0.1) is 23.1 Å². The summed E-state index contributed by atoms with van der Waals surface area (Å²) in [5, 5.41) is 8.68. The Labute approximate surface area is 175 Å². The first-order chi connectivity index (χ1) is 13.9. The fourth-order valence-corrected chi connectivity index (χ4v) is 4.91. The number of carbonyl (C=O) groups is 3. The summed E-state index contributed by atoms with van der Waals surface area (Å²) in [6.07, 6.45) is 0. The average Bonchev–Trinajstić information content (AvgIpc) is 3.22. The monoisotopic (exact) mass is 426 g/mol. The molecule has 0 saturated carbocycles. The maximum Gasteiger partial charge on any atom is 0.322 e. The summed E-state index contributed by atoms with van der Waals surface area (Å²) in [5.74, 6) is 0.391. The van der Waals surface area contributed by atoms with E-state index in [9.17, 15) is 14.4 Å². The van der Waals surface area contributed by atoms with Gasteiger partial charge in [0.1, 0.15) is 10.5 Å². The van der Waals surface area contributed by atoms with Crippen LogP contribution in [0.25, 0.3) is 10.2 Å². The summed E-state index contributed by atoms with van der Waals surface area (Å²) in [7, 11) is 0. The maximum atomic E-state index is 12.3. The molecule has 1 fully saturated rings. The Morgan fingerprint density at radius 2 is 2.03 bits per heavy atom. The van der Waals surface area contributed by atoms with E-state index in [1.54, 1.807) is 42.5 Å². The number of nitrogens with zero attached hydrogens (tertiary/aromatic N) is 1. The molecule has 9 heteroatoms. The molecular weight excluding hydrogens is 408 g/mol. The molecule has 0 unspecified atom stereocenters. The molecule has 148 valence electrons. The number of urea groups is 1. The number of aromatic nitrogens is 1. The minimum absolute atomic E-state index is 0.140. The van der Waals surface area contributed by atoms with Crippen molar-refractivity contribution < 1.29 is 14.4 Å². The van der Waals surface area contributed by atoms with Gasteiger partial charge in [0.25, 0.3) is 5.91 Å². The number of hydrogen-bond donors (Lipinski definition) is 3. The molecule has 1 saturated heterocycles. The van der Waals surface area contributed by atoms with E-state index in [0.29, 0.717) is 17.0 Å². The predicted octanol–water partition coefficient (Wildman–Crippen LogP) is 3.22. The highest BCUT2D eigenvalue weighted by Gasteiger charge is 2.43. The molecule has 1 aromatic heterocycles. The predicted molar refractivity (Wildman–Crippen MR) is 115 cm³/mol. The van der Waals surface area contributed by atoms with Crippen LogP contribution in [0.5, 0.6) is 0 Å². The molecule has 4 amide bonds. The Bertz CT molecular complexity index is 1080. The normalized spacial score (nSPS) is 18.5. The first-order valence-corrected chi connectivity index (χ1v) is 10.9. The number of thioether (sulfide) groups is 1. The molecule has 1 aliphatic rings. The Hall–Kier alpha value is -2.91. The van der Waals surface area contributed by atoms with Crippen molar-refractivity contribution in [3.63, 3.8) is 0 Å². The highest BCUT2D eigenvalue weighted by atomic mass is 32.2. The van der Waals surface area contributed by atoms with Gasteiger partial charge in [0.15, 0.2) is 0 Å². The lowest BCUT2D eigenvalue weighted by molar-refractivity contribution is -0.123. The van der Waals surface area contributed by atoms with Gasteiger partial charge in [0, 0.05) is 11.4 Å². The van der Waals surface area contributed by atoms with E-state index in [0.717, 1.165) is 15.2 Å². The molecule has 0 radical (unpaired) electrons. The van der Waals surface area contributed by atoms with Crippen LogP contribution in [0.3, 0.4) is 0 Å². The fraction of sp³-hybridized carbons (Fsp3) is 0.200. The van der Waals surface area contributed by atoms with E-state index in [1.165, 1.54) is 11.8 Å². The molecule has 1 aliphatic heterocycles. The molecule has 0 bridgehead atoms. The van der Waals surface area contributed by atoms with Crippen molar-refractivity contribution in [1.82, 2.24) is 15.6 Å². The number of amides is 4. The third-order valence-corrected chi connectivity index (χ3v) is 6.73. The summed E-state index contributed by atoms with van der Waals surface area (Å²) in [4.78, 5) is 40.4. The number of anilines is 1. The van der Waals surface area contributed by atoms with Crippen molar-refractivity contribution in [2.45, 2.75) is 18.2 Å². The van der Waals surface area contributed by atoms with Crippen LogP contribution < -0.4 is 16.0 Å². The summed E-state index contributed by atoms with van der Waals surface area (Å²) in [6.45, 7) is 1.63. The number of para-hydroxylation sites is 1. The van der Waals surface area contributed by atoms with Crippen LogP contribution in [0.4, 0.5) is 10.5 Å². The average molecular weight is 427 g/mol. The van der Waals surface area contributed by atoms with Crippen molar-refractivity contribution in [3.8, 4) is 0 Å². The summed E-state index contributed by atoms with van der Waals surface area (Å²) in [5.41, 5.74) is 0.995. The van der Waals surface area contributed by atoms with Gasteiger partial charge < -0.3 is 10.6 Å². The van der Waals surface area contributed by atoms with Gasteiger partial charge in [-0.2, -0.15) is 0 Å². The third-order valence-electron chi connectivity index (χ3n) is 4.57. The number of hydrogen-bond acceptors (Lipinski definition) is 6. The lowest BCUT2D eigenvalue weighted by Crippen LogP contribution is -2.40. The Kier molecular flexibility index (Phi) is 5.25. The molecule has 1 atom stereocenters. The van der Waals surface area contributed by atoms with Crippen molar-refractivity contribution in [2.75, 3.05) is 11.1 Å². The van der Waals surface area contributed by atoms with Gasteiger partial charge in [0.2, 0.25) is 5.91 Å². The van der Waals surface area contributed by atoms with E-state index in [1.807, 2.05) is 24.3 Å². The molecule has 7 nitrogen and oxygen atoms in total. The SMILES string of the molecule is C[C@@]1(c2cccc(NC(=O)CSCc3nc4ccccc4s3)c2)NC(=O)NC1=O. The Morgan fingerprint density at radius 1 is 1.21 bits per heavy atom. The molecule has 2 aromatic carbocycles. The standard InChI is InChI=1S/C20H18N4O3S2/c1-20(18(26)23-19(27)24-20)12-5-4-6-13(9-12)21-16(25)10-28-11-17-22-14-7-2-3-8-15(14)29-17/h2-9H,10-11H2,1H3,(H,21,25)(H2,23,24,26,27)/t20-/m0/s1. The van der Waals surface area contributed by atoms with Gasteiger partial charge in [-0.05, 0) is 36.8 Å². The topological polar surface area (TPSA) is 100 Å². The zero-order valence-corrected chi connectivity index (χ0v) is 17.2. The van der Waals surface area contributed by atoms with E-state index >= 15 is 0 Å². The quantitative estimate of drug-likeness (QED) is 0.526. The Morgan fingerprint density at radius 3 is 2.79 bits per heavy atom. The van der Waals surface area contributed by atoms with Crippen molar-refractivity contribution >= 4 is 56.8 Å². The number of thiazole rings is 1. The van der Waals surface area contributed by atoms with Crippen LogP contribution in [0.1, 0.15) is 17.5 Å². The molecule has 3 N–H and O–H groups in total. The highest BCUT2D eigenvalue weighted by Crippen LogP contribution is 2.27. The van der Waals surface area contributed by atoms with Crippen molar-refractivity contribution in [3.05, 3.63) is 59.1 Å². The lowest BCUT2D eigenvalue weighted by atomic mass is 9.92. The van der Waals surface area contributed by atoms with Crippen LogP contribution in [0.2, 0.25) is 0 Å². The molecule has 3 aromatic rings. The van der Waals surface area contributed by atoms with Gasteiger partial charge in [0.05, 0.1) is 16.0 Å². The highest BCUT2D eigenvalue weighted by molar-refractivity contribution is 7.99. The van der Waals surface area contributed by atoms with Crippen LogP contribution in [0.15, 0.2) is 48.5 Å². The molecule has 0 spiro atoms. The second-order valence-electron chi connectivity index (χ2n) is 6.73. The van der Waals surface area contributed by atoms with Gasteiger partial charge in [-0.25, -0.2) is 9.78 Å². The van der Waals surface area contributed by atoms with E-state index < -0.39 is 17.5 Å². The van der Waals surface area contributed by atoms with E-state index in [2.05, 4.69) is 20.9 Å². The van der Waals surface area contributed by atoms with E-state index in [4.69, 9.17) is 0 Å². The van der Waals surface area contributed by atoms with Crippen LogP contribution >= 0.6 is 23.1 Å². The summed E-state index contributed by atoms with van der Waals surface area (Å²) in [6, 6.07) is 14.4. The number of fused-ring (bicyclic) bond motifs is 1. The number of benzene rings is 2. The smallest absolute Gasteiger partial charge is 0.322 e. The summed E-state index contributed by atoms with van der Waals surface area (Å²) >= 11 is 3.13. The lowest BCUT2D eigenvalue weighted by Gasteiger charge is -2.21. The fourth-order valence-electron chi connectivity index (χ4n) is 3.06. The molecule has 4 rings (SSSR count). The second-order valence-corrected chi connectivity index (χ2v) is 8.83. The van der Waals surface area contributed by atoms with Gasteiger partial charge in [-0.3, -0.25) is 14.9 Å². The van der Waals surface area contributed by atoms with Gasteiger partial charge in [-0.1, -0.05) is 24.3 Å². The minimum atomic E-state index is -1.15. The molecule has 29 heavy (non-hydrogen) atoms. The molecule has 0 aliphatic carbocycles. The Balaban J connectivity index is 1.35. The number of rotatable bonds is 6. The summed E-state index contributed by atoms with van der Waals surface area (Å²) < 4.78 is 1.14. The van der Waals surface area contributed by atoms with Crippen LogP contribution in [-0.2, 0) is 20.9 Å². The van der Waals surface area contributed by atoms with Gasteiger partial charge >= 0.3 is 6.03 Å². The minimum Gasteiger partial charge on any atom is -0.325 e. The molecule has 2 heterocycles. The third kappa shape index (κ3) is 4.10. The van der Waals surface area contributed by atoms with Crippen molar-refractivity contribution in [2.24, 2.45) is 0 Å². The number of nitrogens with one attached hydrogen (secondary N) is 3. The number of imide groups is 1.